The minimum atomic E-state index is -0.528. The van der Waals surface area contributed by atoms with E-state index < -0.39 is 5.97 Å². The molecule has 0 saturated heterocycles. The fourth-order valence-corrected chi connectivity index (χ4v) is 2.78. The molecular weight excluding hydrogens is 392 g/mol. The molecule has 0 bridgehead atoms. The van der Waals surface area contributed by atoms with Crippen molar-refractivity contribution in [2.75, 3.05) is 13.2 Å². The quantitative estimate of drug-likeness (QED) is 0.253. The molecule has 0 atom stereocenters. The summed E-state index contributed by atoms with van der Waals surface area (Å²) in [6.07, 6.45) is 0.992. The lowest BCUT2D eigenvalue weighted by atomic mass is 10.0. The number of carbonyl (C=O) groups is 2. The van der Waals surface area contributed by atoms with Crippen LogP contribution in [0.15, 0.2) is 78.9 Å². The minimum Gasteiger partial charge on any atom is -0.494 e. The van der Waals surface area contributed by atoms with Crippen molar-refractivity contribution in [3.63, 3.8) is 0 Å². The standard InChI is InChI=1S/C26H26O5/c1-19(2)16-17-29-22-12-14-23(15-13-22)30-18-25(27)31-24-10-8-21(9-11-24)26(28)20-6-4-3-5-7-20/h3-15,19H,16-18H2,1-2H3. The second kappa shape index (κ2) is 11.0. The topological polar surface area (TPSA) is 61.8 Å². The Morgan fingerprint density at radius 3 is 1.87 bits per heavy atom. The first-order valence-electron chi connectivity index (χ1n) is 10.3. The van der Waals surface area contributed by atoms with E-state index in [0.29, 0.717) is 35.2 Å². The minimum absolute atomic E-state index is 0.0848. The lowest BCUT2D eigenvalue weighted by molar-refractivity contribution is -0.136. The van der Waals surface area contributed by atoms with Crippen LogP contribution in [0.1, 0.15) is 36.2 Å². The molecule has 0 unspecified atom stereocenters. The van der Waals surface area contributed by atoms with Crippen molar-refractivity contribution in [3.8, 4) is 17.2 Å². The first kappa shape index (κ1) is 22.1. The van der Waals surface area contributed by atoms with Gasteiger partial charge in [-0.3, -0.25) is 4.79 Å². The van der Waals surface area contributed by atoms with Crippen LogP contribution >= 0.6 is 0 Å². The SMILES string of the molecule is CC(C)CCOc1ccc(OCC(=O)Oc2ccc(C(=O)c3ccccc3)cc2)cc1. The van der Waals surface area contributed by atoms with Gasteiger partial charge in [0, 0.05) is 11.1 Å². The summed E-state index contributed by atoms with van der Waals surface area (Å²) in [7, 11) is 0. The zero-order valence-electron chi connectivity index (χ0n) is 17.7. The first-order chi connectivity index (χ1) is 15.0. The van der Waals surface area contributed by atoms with Gasteiger partial charge in [0.1, 0.15) is 17.2 Å². The number of ether oxygens (including phenoxy) is 3. The number of ketones is 1. The normalized spacial score (nSPS) is 10.5. The molecule has 3 aromatic carbocycles. The highest BCUT2D eigenvalue weighted by molar-refractivity contribution is 6.09. The Morgan fingerprint density at radius 2 is 1.26 bits per heavy atom. The molecule has 0 radical (unpaired) electrons. The zero-order chi connectivity index (χ0) is 22.1. The van der Waals surface area contributed by atoms with Crippen molar-refractivity contribution in [2.24, 2.45) is 5.92 Å². The van der Waals surface area contributed by atoms with Gasteiger partial charge >= 0.3 is 5.97 Å². The van der Waals surface area contributed by atoms with Gasteiger partial charge in [-0.25, -0.2) is 4.79 Å². The Bertz CT molecular complexity index is 977. The highest BCUT2D eigenvalue weighted by Gasteiger charge is 2.10. The molecule has 0 saturated carbocycles. The first-order valence-corrected chi connectivity index (χ1v) is 10.3. The summed E-state index contributed by atoms with van der Waals surface area (Å²) in [5.74, 6) is 1.65. The number of benzene rings is 3. The average Bonchev–Trinajstić information content (AvgIpc) is 2.79. The van der Waals surface area contributed by atoms with Crippen LogP contribution in [0.3, 0.4) is 0 Å². The van der Waals surface area contributed by atoms with E-state index in [4.69, 9.17) is 14.2 Å². The van der Waals surface area contributed by atoms with Gasteiger partial charge in [-0.15, -0.1) is 0 Å². The molecule has 0 fully saturated rings. The van der Waals surface area contributed by atoms with E-state index in [-0.39, 0.29) is 12.4 Å². The van der Waals surface area contributed by atoms with Gasteiger partial charge in [-0.2, -0.15) is 0 Å². The van der Waals surface area contributed by atoms with Crippen LogP contribution in [0.5, 0.6) is 17.2 Å². The van der Waals surface area contributed by atoms with Gasteiger partial charge in [0.05, 0.1) is 6.61 Å². The molecule has 5 nitrogen and oxygen atoms in total. The number of carbonyl (C=O) groups excluding carboxylic acids is 2. The molecule has 3 rings (SSSR count). The van der Waals surface area contributed by atoms with Crippen LogP contribution in [0.25, 0.3) is 0 Å². The number of rotatable bonds is 10. The van der Waals surface area contributed by atoms with E-state index in [9.17, 15) is 9.59 Å². The van der Waals surface area contributed by atoms with Crippen LogP contribution in [0.2, 0.25) is 0 Å². The van der Waals surface area contributed by atoms with Gasteiger partial charge in [0.25, 0.3) is 0 Å². The molecule has 0 aliphatic rings. The van der Waals surface area contributed by atoms with E-state index in [1.807, 2.05) is 30.3 Å². The fraction of sp³-hybridized carbons (Fsp3) is 0.231. The van der Waals surface area contributed by atoms with Crippen molar-refractivity contribution in [1.29, 1.82) is 0 Å². The molecule has 3 aromatic rings. The zero-order valence-corrected chi connectivity index (χ0v) is 17.7. The molecule has 0 aliphatic carbocycles. The second-order valence-corrected chi connectivity index (χ2v) is 7.48. The van der Waals surface area contributed by atoms with Crippen LogP contribution in [-0.4, -0.2) is 25.0 Å². The molecule has 0 N–H and O–H groups in total. The van der Waals surface area contributed by atoms with Crippen LogP contribution in [0, 0.1) is 5.92 Å². The van der Waals surface area contributed by atoms with E-state index in [1.165, 1.54) is 0 Å². The maximum Gasteiger partial charge on any atom is 0.349 e. The van der Waals surface area contributed by atoms with Crippen molar-refractivity contribution < 1.29 is 23.8 Å². The third kappa shape index (κ3) is 7.00. The Labute approximate surface area is 182 Å². The molecule has 5 heteroatoms. The Hall–Kier alpha value is -3.60. The van der Waals surface area contributed by atoms with Crippen molar-refractivity contribution in [2.45, 2.75) is 20.3 Å². The lowest BCUT2D eigenvalue weighted by Gasteiger charge is -2.10. The lowest BCUT2D eigenvalue weighted by Crippen LogP contribution is -2.17. The summed E-state index contributed by atoms with van der Waals surface area (Å²) in [5, 5.41) is 0. The highest BCUT2D eigenvalue weighted by atomic mass is 16.6. The van der Waals surface area contributed by atoms with E-state index in [2.05, 4.69) is 13.8 Å². The van der Waals surface area contributed by atoms with Gasteiger partial charge in [-0.1, -0.05) is 44.2 Å². The summed E-state index contributed by atoms with van der Waals surface area (Å²) in [4.78, 5) is 24.5. The largest absolute Gasteiger partial charge is 0.494 e. The van der Waals surface area contributed by atoms with Crippen LogP contribution in [-0.2, 0) is 4.79 Å². The van der Waals surface area contributed by atoms with Crippen molar-refractivity contribution >= 4 is 11.8 Å². The van der Waals surface area contributed by atoms with Crippen molar-refractivity contribution in [1.82, 2.24) is 0 Å². The van der Waals surface area contributed by atoms with Gasteiger partial charge in [0.15, 0.2) is 12.4 Å². The maximum absolute atomic E-state index is 12.4. The number of esters is 1. The Morgan fingerprint density at radius 1 is 0.710 bits per heavy atom. The van der Waals surface area contributed by atoms with Crippen LogP contribution < -0.4 is 14.2 Å². The smallest absolute Gasteiger partial charge is 0.349 e. The number of hydrogen-bond acceptors (Lipinski definition) is 5. The third-order valence-corrected chi connectivity index (χ3v) is 4.53. The molecule has 160 valence electrons. The van der Waals surface area contributed by atoms with Gasteiger partial charge < -0.3 is 14.2 Å². The van der Waals surface area contributed by atoms with Gasteiger partial charge in [0.2, 0.25) is 0 Å². The monoisotopic (exact) mass is 418 g/mol. The highest BCUT2D eigenvalue weighted by Crippen LogP contribution is 2.19. The van der Waals surface area contributed by atoms with Crippen LogP contribution in [0.4, 0.5) is 0 Å². The molecule has 0 heterocycles. The second-order valence-electron chi connectivity index (χ2n) is 7.48. The van der Waals surface area contributed by atoms with E-state index in [0.717, 1.165) is 12.2 Å². The summed E-state index contributed by atoms with van der Waals surface area (Å²) in [5.41, 5.74) is 1.13. The summed E-state index contributed by atoms with van der Waals surface area (Å²) in [6.45, 7) is 4.74. The molecule has 31 heavy (non-hydrogen) atoms. The number of hydrogen-bond donors (Lipinski definition) is 0. The third-order valence-electron chi connectivity index (χ3n) is 4.53. The summed E-state index contributed by atoms with van der Waals surface area (Å²) >= 11 is 0. The molecule has 0 aromatic heterocycles. The van der Waals surface area contributed by atoms with Gasteiger partial charge in [-0.05, 0) is 60.9 Å². The predicted molar refractivity (Wildman–Crippen MR) is 119 cm³/mol. The summed E-state index contributed by atoms with van der Waals surface area (Å²) < 4.78 is 16.4. The van der Waals surface area contributed by atoms with E-state index in [1.54, 1.807) is 48.5 Å². The molecule has 0 aliphatic heterocycles. The van der Waals surface area contributed by atoms with E-state index >= 15 is 0 Å². The average molecular weight is 418 g/mol. The molecular formula is C26H26O5. The molecule has 0 amide bonds. The Balaban J connectivity index is 1.46. The maximum atomic E-state index is 12.4. The Kier molecular flexibility index (Phi) is 7.82. The molecule has 0 spiro atoms. The predicted octanol–water partition coefficient (Wildman–Crippen LogP) is 5.33. The summed E-state index contributed by atoms with van der Waals surface area (Å²) in [6, 6.07) is 22.6. The van der Waals surface area contributed by atoms with Crippen molar-refractivity contribution in [3.05, 3.63) is 90.0 Å². The fourth-order valence-electron chi connectivity index (χ4n) is 2.78.